The number of carbonyl (C=O) groups excluding carboxylic acids is 1. The highest BCUT2D eigenvalue weighted by Crippen LogP contribution is 2.30. The normalized spacial score (nSPS) is 32.1. The summed E-state index contributed by atoms with van der Waals surface area (Å²) >= 11 is 0. The van der Waals surface area contributed by atoms with Crippen molar-refractivity contribution in [2.45, 2.75) is 37.2 Å². The highest BCUT2D eigenvalue weighted by molar-refractivity contribution is 5.78. The Kier molecular flexibility index (Phi) is 3.31. The third kappa shape index (κ3) is 2.71. The third-order valence-corrected chi connectivity index (χ3v) is 3.39. The number of ether oxygens (including phenoxy) is 1. The summed E-state index contributed by atoms with van der Waals surface area (Å²) in [5.41, 5.74) is 0. The van der Waals surface area contributed by atoms with Gasteiger partial charge in [-0.15, -0.1) is 0 Å². The van der Waals surface area contributed by atoms with E-state index in [-0.39, 0.29) is 25.0 Å². The molecule has 1 N–H and O–H groups in total. The van der Waals surface area contributed by atoms with E-state index in [0.717, 1.165) is 0 Å². The Labute approximate surface area is 97.1 Å². The van der Waals surface area contributed by atoms with Crippen LogP contribution >= 0.6 is 0 Å². The summed E-state index contributed by atoms with van der Waals surface area (Å²) in [4.78, 5) is 13.1. The van der Waals surface area contributed by atoms with Crippen LogP contribution in [0.25, 0.3) is 0 Å². The van der Waals surface area contributed by atoms with Gasteiger partial charge in [0.05, 0.1) is 6.10 Å². The maximum absolute atomic E-state index is 12.6. The number of halogens is 3. The predicted molar refractivity (Wildman–Crippen MR) is 53.4 cm³/mol. The Morgan fingerprint density at radius 1 is 1.41 bits per heavy atom. The first-order chi connectivity index (χ1) is 7.90. The first-order valence-corrected chi connectivity index (χ1v) is 5.53. The molecule has 2 unspecified atom stereocenters. The molecule has 2 rings (SSSR count). The molecule has 1 amide bonds. The monoisotopic (exact) mass is 252 g/mol. The number of nitrogens with zero attached hydrogens (tertiary/aromatic N) is 1. The Morgan fingerprint density at radius 2 is 2.06 bits per heavy atom. The van der Waals surface area contributed by atoms with Crippen LogP contribution in [0.15, 0.2) is 0 Å². The average molecular weight is 252 g/mol. The second-order valence-corrected chi connectivity index (χ2v) is 4.57. The van der Waals surface area contributed by atoms with Crippen molar-refractivity contribution in [2.75, 3.05) is 20.2 Å². The van der Waals surface area contributed by atoms with Crippen molar-refractivity contribution in [1.82, 2.24) is 10.2 Å². The summed E-state index contributed by atoms with van der Waals surface area (Å²) in [6.45, 7) is 1.22. The van der Waals surface area contributed by atoms with Crippen molar-refractivity contribution in [3.05, 3.63) is 0 Å². The Balaban J connectivity index is 1.93. The first-order valence-electron chi connectivity index (χ1n) is 5.53. The van der Waals surface area contributed by atoms with E-state index in [4.69, 9.17) is 4.74 Å². The van der Waals surface area contributed by atoms with Crippen LogP contribution in [0.1, 0.15) is 12.8 Å². The highest BCUT2D eigenvalue weighted by atomic mass is 19.4. The van der Waals surface area contributed by atoms with Gasteiger partial charge in [-0.25, -0.2) is 0 Å². The lowest BCUT2D eigenvalue weighted by Gasteiger charge is -2.46. The van der Waals surface area contributed by atoms with Crippen molar-refractivity contribution in [3.63, 3.8) is 0 Å². The van der Waals surface area contributed by atoms with Crippen LogP contribution < -0.4 is 5.32 Å². The summed E-state index contributed by atoms with van der Waals surface area (Å²) < 4.78 is 42.7. The fourth-order valence-corrected chi connectivity index (χ4v) is 2.29. The van der Waals surface area contributed by atoms with E-state index >= 15 is 0 Å². The number of piperidine rings is 1. The van der Waals surface area contributed by atoms with Crippen molar-refractivity contribution in [3.8, 4) is 0 Å². The maximum atomic E-state index is 12.6. The van der Waals surface area contributed by atoms with E-state index in [1.54, 1.807) is 7.11 Å². The quantitative estimate of drug-likeness (QED) is 0.779. The molecule has 17 heavy (non-hydrogen) atoms. The zero-order chi connectivity index (χ0) is 12.6. The van der Waals surface area contributed by atoms with Crippen molar-refractivity contribution in [2.24, 2.45) is 0 Å². The van der Waals surface area contributed by atoms with Gasteiger partial charge < -0.3 is 10.1 Å². The molecule has 2 aliphatic rings. The fourth-order valence-electron chi connectivity index (χ4n) is 2.29. The molecule has 2 heterocycles. The van der Waals surface area contributed by atoms with Crippen LogP contribution in [0.2, 0.25) is 0 Å². The number of methoxy groups -OCH3 is 1. The second-order valence-electron chi connectivity index (χ2n) is 4.57. The van der Waals surface area contributed by atoms with Gasteiger partial charge in [-0.3, -0.25) is 9.69 Å². The smallest absolute Gasteiger partial charge is 0.379 e. The summed E-state index contributed by atoms with van der Waals surface area (Å²) in [6, 6.07) is -2.03. The van der Waals surface area contributed by atoms with Gasteiger partial charge in [0, 0.05) is 32.7 Å². The number of nitrogens with one attached hydrogen (secondary N) is 1. The van der Waals surface area contributed by atoms with Gasteiger partial charge in [0.2, 0.25) is 5.91 Å². The van der Waals surface area contributed by atoms with Crippen molar-refractivity contribution < 1.29 is 22.7 Å². The van der Waals surface area contributed by atoms with Gasteiger partial charge in [0.1, 0.15) is 6.04 Å². The Morgan fingerprint density at radius 3 is 2.59 bits per heavy atom. The summed E-state index contributed by atoms with van der Waals surface area (Å²) in [5, 5.41) is 1.99. The van der Waals surface area contributed by atoms with Crippen LogP contribution in [0, 0.1) is 0 Å². The summed E-state index contributed by atoms with van der Waals surface area (Å²) in [7, 11) is 1.58. The van der Waals surface area contributed by atoms with Gasteiger partial charge in [-0.05, 0) is 6.42 Å². The van der Waals surface area contributed by atoms with E-state index in [9.17, 15) is 18.0 Å². The third-order valence-electron chi connectivity index (χ3n) is 3.39. The van der Waals surface area contributed by atoms with Crippen LogP contribution in [-0.4, -0.2) is 55.4 Å². The molecule has 0 aromatic carbocycles. The highest BCUT2D eigenvalue weighted by Gasteiger charge is 2.47. The zero-order valence-electron chi connectivity index (χ0n) is 9.46. The molecule has 0 radical (unpaired) electrons. The van der Waals surface area contributed by atoms with Gasteiger partial charge in [0.15, 0.2) is 0 Å². The van der Waals surface area contributed by atoms with Crippen LogP contribution in [0.3, 0.4) is 0 Å². The molecule has 0 saturated carbocycles. The molecule has 0 aromatic rings. The lowest BCUT2D eigenvalue weighted by atomic mass is 9.94. The Bertz CT molecular complexity index is 302. The molecule has 7 heteroatoms. The minimum absolute atomic E-state index is 0.0638. The molecule has 4 nitrogen and oxygen atoms in total. The van der Waals surface area contributed by atoms with Crippen LogP contribution in [0.5, 0.6) is 0 Å². The molecule has 0 spiro atoms. The number of hydrogen-bond donors (Lipinski definition) is 1. The SMILES string of the molecule is COC1CN(C2CC(=O)NC(C(F)(F)F)C2)C1. The molecular weight excluding hydrogens is 237 g/mol. The van der Waals surface area contributed by atoms with E-state index in [1.807, 2.05) is 10.2 Å². The van der Waals surface area contributed by atoms with Crippen molar-refractivity contribution >= 4 is 5.91 Å². The molecule has 0 bridgehead atoms. The predicted octanol–water partition coefficient (Wildman–Crippen LogP) is 0.526. The molecule has 0 aliphatic carbocycles. The maximum Gasteiger partial charge on any atom is 0.408 e. The number of amides is 1. The lowest BCUT2D eigenvalue weighted by Crippen LogP contribution is -2.62. The van der Waals surface area contributed by atoms with E-state index < -0.39 is 18.1 Å². The van der Waals surface area contributed by atoms with E-state index in [2.05, 4.69) is 0 Å². The van der Waals surface area contributed by atoms with Gasteiger partial charge in [-0.1, -0.05) is 0 Å². The molecule has 2 aliphatic heterocycles. The average Bonchev–Trinajstić information content (AvgIpc) is 2.13. The molecule has 2 atom stereocenters. The zero-order valence-corrected chi connectivity index (χ0v) is 9.46. The number of hydrogen-bond acceptors (Lipinski definition) is 3. The van der Waals surface area contributed by atoms with Crippen LogP contribution in [-0.2, 0) is 9.53 Å². The topological polar surface area (TPSA) is 41.6 Å². The summed E-state index contributed by atoms with van der Waals surface area (Å²) in [6.07, 6.45) is -4.20. The minimum atomic E-state index is -4.36. The number of carbonyl (C=O) groups is 1. The minimum Gasteiger partial charge on any atom is -0.379 e. The first kappa shape index (κ1) is 12.6. The molecule has 2 saturated heterocycles. The van der Waals surface area contributed by atoms with Gasteiger partial charge >= 0.3 is 6.18 Å². The van der Waals surface area contributed by atoms with E-state index in [0.29, 0.717) is 13.1 Å². The second kappa shape index (κ2) is 4.45. The molecular formula is C10H15F3N2O2. The number of likely N-dealkylation sites (tertiary alicyclic amines) is 1. The molecule has 98 valence electrons. The van der Waals surface area contributed by atoms with E-state index in [1.165, 1.54) is 0 Å². The molecule has 0 aromatic heterocycles. The number of rotatable bonds is 2. The standard InChI is InChI=1S/C10H15F3N2O2/c1-17-7-4-15(5-7)6-2-8(10(11,12)13)14-9(16)3-6/h6-8H,2-5H2,1H3,(H,14,16). The van der Waals surface area contributed by atoms with Gasteiger partial charge in [-0.2, -0.15) is 13.2 Å². The van der Waals surface area contributed by atoms with Crippen molar-refractivity contribution in [1.29, 1.82) is 0 Å². The lowest BCUT2D eigenvalue weighted by molar-refractivity contribution is -0.175. The fraction of sp³-hybridized carbons (Fsp3) is 0.900. The number of alkyl halides is 3. The van der Waals surface area contributed by atoms with Crippen LogP contribution in [0.4, 0.5) is 13.2 Å². The largest absolute Gasteiger partial charge is 0.408 e. The van der Waals surface area contributed by atoms with Gasteiger partial charge in [0.25, 0.3) is 0 Å². The summed E-state index contributed by atoms with van der Waals surface area (Å²) in [5.74, 6) is -0.524. The Hall–Kier alpha value is -0.820. The molecule has 2 fully saturated rings.